The van der Waals surface area contributed by atoms with Gasteiger partial charge < -0.3 is 19.7 Å². The lowest BCUT2D eigenvalue weighted by Crippen LogP contribution is -2.32. The van der Waals surface area contributed by atoms with E-state index >= 15 is 0 Å². The quantitative estimate of drug-likeness (QED) is 0.833. The Labute approximate surface area is 153 Å². The van der Waals surface area contributed by atoms with Gasteiger partial charge in [-0.1, -0.05) is 0 Å². The zero-order valence-electron chi connectivity index (χ0n) is 15.0. The average molecular weight is 358 g/mol. The molecular weight excluding hydrogens is 332 g/mol. The van der Waals surface area contributed by atoms with Gasteiger partial charge in [-0.3, -0.25) is 9.59 Å². The number of rotatable bonds is 4. The fraction of sp³-hybridized carbons (Fsp3) is 0.600. The highest BCUT2D eigenvalue weighted by Gasteiger charge is 2.31. The van der Waals surface area contributed by atoms with E-state index < -0.39 is 0 Å². The minimum atomic E-state index is -0.0220. The molecule has 3 aliphatic rings. The zero-order valence-corrected chi connectivity index (χ0v) is 15.0. The van der Waals surface area contributed by atoms with Crippen LogP contribution in [0.25, 0.3) is 0 Å². The molecule has 0 aromatic heterocycles. The summed E-state index contributed by atoms with van der Waals surface area (Å²) in [7, 11) is 0. The van der Waals surface area contributed by atoms with Gasteiger partial charge in [-0.2, -0.15) is 0 Å². The van der Waals surface area contributed by atoms with Crippen LogP contribution in [-0.2, 0) is 4.79 Å². The van der Waals surface area contributed by atoms with Crippen molar-refractivity contribution in [3.63, 3.8) is 0 Å². The standard InChI is InChI=1S/C20H26N2O4/c23-17(14-1-3-18-19(11-14)26-10-9-25-18)2-4-20(24)22-7-5-15-12-21-13-16(15)6-8-22/h1,3,11,15-16,21H,2,4-10,12-13H2/t15-,16+. The Bertz CT molecular complexity index is 676. The summed E-state index contributed by atoms with van der Waals surface area (Å²) >= 11 is 0. The predicted octanol–water partition coefficient (Wildman–Crippen LogP) is 1.88. The number of carbonyl (C=O) groups is 2. The molecule has 2 saturated heterocycles. The van der Waals surface area contributed by atoms with Crippen LogP contribution < -0.4 is 14.8 Å². The van der Waals surface area contributed by atoms with Gasteiger partial charge in [-0.25, -0.2) is 0 Å². The molecule has 6 heteroatoms. The van der Waals surface area contributed by atoms with Crippen molar-refractivity contribution in [3.05, 3.63) is 23.8 Å². The van der Waals surface area contributed by atoms with Crippen LogP contribution in [-0.4, -0.2) is 56.0 Å². The van der Waals surface area contributed by atoms with Crippen LogP contribution in [0.1, 0.15) is 36.0 Å². The summed E-state index contributed by atoms with van der Waals surface area (Å²) in [6.07, 6.45) is 2.66. The van der Waals surface area contributed by atoms with Crippen molar-refractivity contribution >= 4 is 11.7 Å². The number of nitrogens with zero attached hydrogens (tertiary/aromatic N) is 1. The van der Waals surface area contributed by atoms with Crippen molar-refractivity contribution in [2.75, 3.05) is 39.4 Å². The molecule has 3 aliphatic heterocycles. The highest BCUT2D eigenvalue weighted by atomic mass is 16.6. The largest absolute Gasteiger partial charge is 0.486 e. The summed E-state index contributed by atoms with van der Waals surface area (Å²) in [5, 5.41) is 3.45. The van der Waals surface area contributed by atoms with E-state index in [1.165, 1.54) is 0 Å². The molecule has 0 saturated carbocycles. The van der Waals surface area contributed by atoms with Gasteiger partial charge in [-0.15, -0.1) is 0 Å². The van der Waals surface area contributed by atoms with Crippen LogP contribution in [0.5, 0.6) is 11.5 Å². The summed E-state index contributed by atoms with van der Waals surface area (Å²) in [5.74, 6) is 2.77. The second-order valence-corrected chi connectivity index (χ2v) is 7.42. The highest BCUT2D eigenvalue weighted by Crippen LogP contribution is 2.31. The molecule has 3 heterocycles. The first-order chi connectivity index (χ1) is 12.7. The molecule has 4 rings (SSSR count). The Balaban J connectivity index is 1.30. The van der Waals surface area contributed by atoms with Crippen molar-refractivity contribution in [1.82, 2.24) is 10.2 Å². The topological polar surface area (TPSA) is 67.9 Å². The van der Waals surface area contributed by atoms with Gasteiger partial charge in [0.25, 0.3) is 0 Å². The average Bonchev–Trinajstić information content (AvgIpc) is 3.03. The maximum Gasteiger partial charge on any atom is 0.223 e. The Morgan fingerprint density at radius 3 is 2.42 bits per heavy atom. The van der Waals surface area contributed by atoms with Crippen molar-refractivity contribution in [1.29, 1.82) is 0 Å². The van der Waals surface area contributed by atoms with Crippen molar-refractivity contribution in [2.24, 2.45) is 11.8 Å². The van der Waals surface area contributed by atoms with E-state index in [-0.39, 0.29) is 24.5 Å². The van der Waals surface area contributed by atoms with E-state index in [2.05, 4.69) is 5.32 Å². The van der Waals surface area contributed by atoms with E-state index in [1.54, 1.807) is 18.2 Å². The Kier molecular flexibility index (Phi) is 5.11. The molecule has 140 valence electrons. The van der Waals surface area contributed by atoms with E-state index in [1.807, 2.05) is 4.90 Å². The lowest BCUT2D eigenvalue weighted by Gasteiger charge is -2.21. The van der Waals surface area contributed by atoms with Gasteiger partial charge in [0.2, 0.25) is 5.91 Å². The van der Waals surface area contributed by atoms with Gasteiger partial charge in [0.1, 0.15) is 13.2 Å². The molecule has 26 heavy (non-hydrogen) atoms. The summed E-state index contributed by atoms with van der Waals surface area (Å²) in [6, 6.07) is 5.24. The number of ketones is 1. The van der Waals surface area contributed by atoms with Gasteiger partial charge in [0, 0.05) is 31.5 Å². The second-order valence-electron chi connectivity index (χ2n) is 7.42. The first-order valence-electron chi connectivity index (χ1n) is 9.62. The van der Waals surface area contributed by atoms with Crippen LogP contribution in [0.3, 0.4) is 0 Å². The highest BCUT2D eigenvalue weighted by molar-refractivity contribution is 5.98. The third-order valence-corrected chi connectivity index (χ3v) is 5.80. The van der Waals surface area contributed by atoms with E-state index in [4.69, 9.17) is 9.47 Å². The second kappa shape index (κ2) is 7.66. The normalized spacial score (nSPS) is 24.7. The van der Waals surface area contributed by atoms with Crippen LogP contribution in [0.4, 0.5) is 0 Å². The molecule has 1 aromatic rings. The SMILES string of the molecule is O=C(CCC(=O)N1CC[C@@H]2CNC[C@@H]2CC1)c1ccc2c(c1)OCCO2. The molecule has 1 aromatic carbocycles. The maximum absolute atomic E-state index is 12.6. The molecule has 0 unspecified atom stereocenters. The molecule has 0 aliphatic carbocycles. The maximum atomic E-state index is 12.6. The first kappa shape index (κ1) is 17.3. The number of likely N-dealkylation sites (tertiary alicyclic amines) is 1. The molecule has 1 N–H and O–H groups in total. The number of benzene rings is 1. The van der Waals surface area contributed by atoms with Gasteiger partial charge >= 0.3 is 0 Å². The first-order valence-corrected chi connectivity index (χ1v) is 9.62. The lowest BCUT2D eigenvalue weighted by atomic mass is 9.92. The third kappa shape index (κ3) is 3.70. The molecule has 0 radical (unpaired) electrons. The smallest absolute Gasteiger partial charge is 0.223 e. The number of ether oxygens (including phenoxy) is 2. The summed E-state index contributed by atoms with van der Waals surface area (Å²) < 4.78 is 11.0. The summed E-state index contributed by atoms with van der Waals surface area (Å²) in [4.78, 5) is 27.0. The van der Waals surface area contributed by atoms with Crippen molar-refractivity contribution in [3.8, 4) is 11.5 Å². The summed E-state index contributed by atoms with van der Waals surface area (Å²) in [6.45, 7) is 4.82. The van der Waals surface area contributed by atoms with Crippen LogP contribution in [0, 0.1) is 11.8 Å². The van der Waals surface area contributed by atoms with E-state index in [0.29, 0.717) is 42.1 Å². The van der Waals surface area contributed by atoms with E-state index in [0.717, 1.165) is 39.0 Å². The minimum Gasteiger partial charge on any atom is -0.486 e. The lowest BCUT2D eigenvalue weighted by molar-refractivity contribution is -0.131. The molecule has 2 atom stereocenters. The Morgan fingerprint density at radius 1 is 1.00 bits per heavy atom. The number of carbonyl (C=O) groups excluding carboxylic acids is 2. The molecule has 2 fully saturated rings. The summed E-state index contributed by atoms with van der Waals surface area (Å²) in [5.41, 5.74) is 0.582. The number of hydrogen-bond donors (Lipinski definition) is 1. The van der Waals surface area contributed by atoms with Gasteiger partial charge in [0.05, 0.1) is 0 Å². The van der Waals surface area contributed by atoms with Gasteiger partial charge in [0.15, 0.2) is 17.3 Å². The fourth-order valence-corrected chi connectivity index (χ4v) is 4.21. The van der Waals surface area contributed by atoms with Crippen LogP contribution >= 0.6 is 0 Å². The Morgan fingerprint density at radius 2 is 1.69 bits per heavy atom. The van der Waals surface area contributed by atoms with E-state index in [9.17, 15) is 9.59 Å². The molecule has 1 amide bonds. The molecule has 0 bridgehead atoms. The third-order valence-electron chi connectivity index (χ3n) is 5.80. The number of nitrogens with one attached hydrogen (secondary N) is 1. The van der Waals surface area contributed by atoms with Crippen LogP contribution in [0.15, 0.2) is 18.2 Å². The number of Topliss-reactive ketones (excluding diaryl/α,β-unsaturated/α-hetero) is 1. The number of hydrogen-bond acceptors (Lipinski definition) is 5. The zero-order chi connectivity index (χ0) is 17.9. The van der Waals surface area contributed by atoms with Crippen LogP contribution in [0.2, 0.25) is 0 Å². The monoisotopic (exact) mass is 358 g/mol. The molecule has 0 spiro atoms. The van der Waals surface area contributed by atoms with Crippen molar-refractivity contribution in [2.45, 2.75) is 25.7 Å². The number of fused-ring (bicyclic) bond motifs is 2. The van der Waals surface area contributed by atoms with Gasteiger partial charge in [-0.05, 0) is 56.0 Å². The Hall–Kier alpha value is -2.08. The predicted molar refractivity (Wildman–Crippen MR) is 96.7 cm³/mol. The van der Waals surface area contributed by atoms with Crippen molar-refractivity contribution < 1.29 is 19.1 Å². The number of amides is 1. The molecular formula is C20H26N2O4. The molecule has 6 nitrogen and oxygen atoms in total. The fourth-order valence-electron chi connectivity index (χ4n) is 4.21. The minimum absolute atomic E-state index is 0.0220.